The maximum atomic E-state index is 11.4. The Hall–Kier alpha value is -1.77. The van der Waals surface area contributed by atoms with Crippen molar-refractivity contribution in [1.29, 1.82) is 0 Å². The molecule has 0 aliphatic heterocycles. The number of rotatable bonds is 5. The van der Waals surface area contributed by atoms with Crippen LogP contribution in [0.1, 0.15) is 39.2 Å². The number of para-hydroxylation sites is 1. The Morgan fingerprint density at radius 3 is 2.28 bits per heavy atom. The molecule has 0 bridgehead atoms. The van der Waals surface area contributed by atoms with Crippen LogP contribution < -0.4 is 0 Å². The predicted molar refractivity (Wildman–Crippen MR) is 72.4 cm³/mol. The number of benzene rings is 1. The van der Waals surface area contributed by atoms with Gasteiger partial charge in [-0.3, -0.25) is 4.79 Å². The van der Waals surface area contributed by atoms with Gasteiger partial charge in [0.05, 0.1) is 5.41 Å². The molecule has 2 N–H and O–H groups in total. The molecule has 18 heavy (non-hydrogen) atoms. The van der Waals surface area contributed by atoms with Gasteiger partial charge in [0.15, 0.2) is 0 Å². The molecule has 3 nitrogen and oxygen atoms in total. The predicted octanol–water partition coefficient (Wildman–Crippen LogP) is 3.69. The van der Waals surface area contributed by atoms with Crippen molar-refractivity contribution in [3.63, 3.8) is 0 Å². The Bertz CT molecular complexity index is 457. The summed E-state index contributed by atoms with van der Waals surface area (Å²) in [5.41, 5.74) is 0.621. The topological polar surface area (TPSA) is 57.5 Å². The molecular formula is C15H20O3. The fourth-order valence-corrected chi connectivity index (χ4v) is 2.12. The van der Waals surface area contributed by atoms with E-state index in [9.17, 15) is 15.0 Å². The third-order valence-corrected chi connectivity index (χ3v) is 3.51. The Balaban J connectivity index is 3.23. The first kappa shape index (κ1) is 14.3. The third-order valence-electron chi connectivity index (χ3n) is 3.51. The summed E-state index contributed by atoms with van der Waals surface area (Å²) in [6, 6.07) is 6.97. The van der Waals surface area contributed by atoms with Gasteiger partial charge in [-0.05, 0) is 31.4 Å². The van der Waals surface area contributed by atoms with Crippen molar-refractivity contribution in [3.05, 3.63) is 35.9 Å². The number of carboxylic acid groups (broad SMARTS) is 1. The van der Waals surface area contributed by atoms with E-state index < -0.39 is 11.4 Å². The fourth-order valence-electron chi connectivity index (χ4n) is 2.12. The quantitative estimate of drug-likeness (QED) is 0.835. The maximum absolute atomic E-state index is 11.4. The summed E-state index contributed by atoms with van der Waals surface area (Å²) in [6.07, 6.45) is 2.82. The van der Waals surface area contributed by atoms with Crippen LogP contribution in [0.2, 0.25) is 0 Å². The van der Waals surface area contributed by atoms with Crippen LogP contribution in [-0.2, 0) is 4.79 Å². The standard InChI is InChI=1S/C15H20O3/c1-4-15(5-2,14(17)18)10-11(3)12-8-6-7-9-13(12)16/h6-10,16H,4-5H2,1-3H3,(H,17,18)/b11-10-. The van der Waals surface area contributed by atoms with Crippen LogP contribution in [0.3, 0.4) is 0 Å². The molecule has 3 heteroatoms. The number of carboxylic acids is 1. The van der Waals surface area contributed by atoms with Crippen molar-refractivity contribution in [3.8, 4) is 5.75 Å². The number of hydrogen-bond donors (Lipinski definition) is 2. The van der Waals surface area contributed by atoms with Gasteiger partial charge < -0.3 is 10.2 Å². The lowest BCUT2D eigenvalue weighted by Crippen LogP contribution is -2.27. The fraction of sp³-hybridized carbons (Fsp3) is 0.400. The van der Waals surface area contributed by atoms with Gasteiger partial charge in [-0.25, -0.2) is 0 Å². The Labute approximate surface area is 108 Å². The molecule has 0 aliphatic carbocycles. The molecular weight excluding hydrogens is 228 g/mol. The number of carbonyl (C=O) groups is 1. The van der Waals surface area contributed by atoms with Gasteiger partial charge in [-0.15, -0.1) is 0 Å². The average molecular weight is 248 g/mol. The first-order chi connectivity index (χ1) is 8.46. The normalized spacial score (nSPS) is 12.5. The largest absolute Gasteiger partial charge is 0.507 e. The zero-order chi connectivity index (χ0) is 13.8. The van der Waals surface area contributed by atoms with Gasteiger partial charge in [-0.1, -0.05) is 38.1 Å². The highest BCUT2D eigenvalue weighted by atomic mass is 16.4. The van der Waals surface area contributed by atoms with Crippen molar-refractivity contribution < 1.29 is 15.0 Å². The van der Waals surface area contributed by atoms with Gasteiger partial charge in [0.1, 0.15) is 5.75 Å². The molecule has 0 unspecified atom stereocenters. The second-order valence-corrected chi connectivity index (χ2v) is 4.51. The molecule has 0 amide bonds. The minimum atomic E-state index is -0.855. The summed E-state index contributed by atoms with van der Waals surface area (Å²) in [5.74, 6) is -0.639. The van der Waals surface area contributed by atoms with Crippen LogP contribution in [0, 0.1) is 5.41 Å². The lowest BCUT2D eigenvalue weighted by molar-refractivity contribution is -0.146. The smallest absolute Gasteiger partial charge is 0.313 e. The summed E-state index contributed by atoms with van der Waals surface area (Å²) in [7, 11) is 0. The number of aromatic hydroxyl groups is 1. The summed E-state index contributed by atoms with van der Waals surface area (Å²) < 4.78 is 0. The van der Waals surface area contributed by atoms with Crippen LogP contribution in [0.15, 0.2) is 30.3 Å². The molecule has 0 fully saturated rings. The second kappa shape index (κ2) is 5.71. The first-order valence-electron chi connectivity index (χ1n) is 6.18. The Kier molecular flexibility index (Phi) is 4.54. The van der Waals surface area contributed by atoms with Gasteiger partial charge in [-0.2, -0.15) is 0 Å². The summed E-state index contributed by atoms with van der Waals surface area (Å²) in [5, 5.41) is 19.2. The highest BCUT2D eigenvalue weighted by Crippen LogP contribution is 2.34. The molecule has 0 saturated carbocycles. The van der Waals surface area contributed by atoms with Crippen molar-refractivity contribution in [2.75, 3.05) is 0 Å². The van der Waals surface area contributed by atoms with Crippen molar-refractivity contribution in [2.24, 2.45) is 5.41 Å². The number of phenols is 1. The number of aliphatic carboxylic acids is 1. The number of allylic oxidation sites excluding steroid dienone is 1. The summed E-state index contributed by atoms with van der Waals surface area (Å²) in [4.78, 5) is 11.4. The molecule has 98 valence electrons. The molecule has 0 aromatic heterocycles. The average Bonchev–Trinajstić information content (AvgIpc) is 2.36. The molecule has 1 aromatic rings. The highest BCUT2D eigenvalue weighted by molar-refractivity contribution is 5.81. The first-order valence-corrected chi connectivity index (χ1v) is 6.18. The molecule has 0 aliphatic rings. The molecule has 0 heterocycles. The Morgan fingerprint density at radius 2 is 1.83 bits per heavy atom. The number of hydrogen-bond acceptors (Lipinski definition) is 2. The van der Waals surface area contributed by atoms with E-state index in [0.29, 0.717) is 18.4 Å². The second-order valence-electron chi connectivity index (χ2n) is 4.51. The van der Waals surface area contributed by atoms with Crippen LogP contribution in [0.5, 0.6) is 5.75 Å². The van der Waals surface area contributed by atoms with E-state index in [1.165, 1.54) is 0 Å². The van der Waals surface area contributed by atoms with Gasteiger partial charge in [0.2, 0.25) is 0 Å². The molecule has 1 aromatic carbocycles. The van der Waals surface area contributed by atoms with Crippen molar-refractivity contribution in [1.82, 2.24) is 0 Å². The van der Waals surface area contributed by atoms with E-state index >= 15 is 0 Å². The highest BCUT2D eigenvalue weighted by Gasteiger charge is 2.32. The van der Waals surface area contributed by atoms with Crippen molar-refractivity contribution in [2.45, 2.75) is 33.6 Å². The third kappa shape index (κ3) is 2.73. The van der Waals surface area contributed by atoms with Crippen LogP contribution in [-0.4, -0.2) is 16.2 Å². The molecule has 0 atom stereocenters. The van der Waals surface area contributed by atoms with Crippen LogP contribution in [0.4, 0.5) is 0 Å². The van der Waals surface area contributed by atoms with Crippen molar-refractivity contribution >= 4 is 11.5 Å². The van der Waals surface area contributed by atoms with E-state index in [-0.39, 0.29) is 5.75 Å². The van der Waals surface area contributed by atoms with E-state index in [2.05, 4.69) is 0 Å². The maximum Gasteiger partial charge on any atom is 0.313 e. The summed E-state index contributed by atoms with van der Waals surface area (Å²) in [6.45, 7) is 5.57. The van der Waals surface area contributed by atoms with Crippen LogP contribution in [0.25, 0.3) is 5.57 Å². The zero-order valence-electron chi connectivity index (χ0n) is 11.1. The van der Waals surface area contributed by atoms with Gasteiger partial charge >= 0.3 is 5.97 Å². The Morgan fingerprint density at radius 1 is 1.28 bits per heavy atom. The van der Waals surface area contributed by atoms with E-state index in [4.69, 9.17) is 0 Å². The molecule has 1 rings (SSSR count). The molecule has 0 saturated heterocycles. The van der Waals surface area contributed by atoms with Crippen LogP contribution >= 0.6 is 0 Å². The minimum absolute atomic E-state index is 0.178. The minimum Gasteiger partial charge on any atom is -0.507 e. The lowest BCUT2D eigenvalue weighted by Gasteiger charge is -2.24. The zero-order valence-corrected chi connectivity index (χ0v) is 11.1. The summed E-state index contributed by atoms with van der Waals surface area (Å²) >= 11 is 0. The molecule has 0 radical (unpaired) electrons. The van der Waals surface area contributed by atoms with Gasteiger partial charge in [0.25, 0.3) is 0 Å². The lowest BCUT2D eigenvalue weighted by atomic mass is 9.80. The van der Waals surface area contributed by atoms with Gasteiger partial charge in [0, 0.05) is 5.56 Å². The monoisotopic (exact) mass is 248 g/mol. The number of phenolic OH excluding ortho intramolecular Hbond substituents is 1. The van der Waals surface area contributed by atoms with E-state index in [1.807, 2.05) is 26.8 Å². The van der Waals surface area contributed by atoms with E-state index in [1.54, 1.807) is 24.3 Å². The van der Waals surface area contributed by atoms with E-state index in [0.717, 1.165) is 5.57 Å². The SMILES string of the molecule is CCC(/C=C(/C)c1ccccc1O)(CC)C(=O)O. The molecule has 0 spiro atoms.